The second-order valence-corrected chi connectivity index (χ2v) is 4.89. The number of nitrogens with one attached hydrogen (secondary N) is 1. The zero-order valence-corrected chi connectivity index (χ0v) is 12.1. The maximum Gasteiger partial charge on any atom is 0.110 e. The van der Waals surface area contributed by atoms with E-state index in [2.05, 4.69) is 46.7 Å². The minimum Gasteiger partial charge on any atom is -0.335 e. The lowest BCUT2D eigenvalue weighted by Crippen LogP contribution is -2.22. The van der Waals surface area contributed by atoms with E-state index in [9.17, 15) is 0 Å². The van der Waals surface area contributed by atoms with Crippen LogP contribution in [0.4, 0.5) is 0 Å². The molecule has 2 aromatic heterocycles. The van der Waals surface area contributed by atoms with E-state index in [1.165, 1.54) is 11.1 Å². The van der Waals surface area contributed by atoms with Gasteiger partial charge in [-0.3, -0.25) is 4.98 Å². The first kappa shape index (κ1) is 13.7. The third-order valence-corrected chi connectivity index (χ3v) is 3.46. The van der Waals surface area contributed by atoms with E-state index in [0.717, 1.165) is 24.5 Å². The fraction of sp³-hybridized carbons (Fsp3) is 0.467. The van der Waals surface area contributed by atoms with Gasteiger partial charge in [-0.15, -0.1) is 0 Å². The third-order valence-electron chi connectivity index (χ3n) is 3.46. The molecule has 0 aromatic carbocycles. The molecule has 2 aromatic rings. The number of hydrogen-bond donors (Lipinski definition) is 1. The standard InChI is InChI=1S/C15H22N4/c1-5-19-7-6-17-14(19)9-13(16-4)15-12(3)8-11(2)10-18-15/h6-8,10,13,16H,5,9H2,1-4H3. The molecular weight excluding hydrogens is 236 g/mol. The normalized spacial score (nSPS) is 12.6. The van der Waals surface area contributed by atoms with Gasteiger partial charge in [-0.05, 0) is 38.9 Å². The number of aryl methyl sites for hydroxylation is 3. The van der Waals surface area contributed by atoms with Gasteiger partial charge in [-0.1, -0.05) is 6.07 Å². The first-order valence-electron chi connectivity index (χ1n) is 6.76. The number of rotatable bonds is 5. The van der Waals surface area contributed by atoms with E-state index in [4.69, 9.17) is 0 Å². The monoisotopic (exact) mass is 258 g/mol. The topological polar surface area (TPSA) is 42.7 Å². The molecular formula is C15H22N4. The molecule has 1 atom stereocenters. The maximum atomic E-state index is 4.59. The first-order chi connectivity index (χ1) is 9.15. The second kappa shape index (κ2) is 5.97. The Morgan fingerprint density at radius 3 is 2.74 bits per heavy atom. The predicted molar refractivity (Wildman–Crippen MR) is 77.1 cm³/mol. The number of imidazole rings is 1. The van der Waals surface area contributed by atoms with Crippen molar-refractivity contribution in [1.29, 1.82) is 0 Å². The third kappa shape index (κ3) is 3.01. The van der Waals surface area contributed by atoms with Crippen molar-refractivity contribution in [3.63, 3.8) is 0 Å². The number of likely N-dealkylation sites (N-methyl/N-ethyl adjacent to an activating group) is 1. The van der Waals surface area contributed by atoms with E-state index in [0.29, 0.717) is 0 Å². The van der Waals surface area contributed by atoms with Crippen LogP contribution in [-0.2, 0) is 13.0 Å². The molecule has 1 unspecified atom stereocenters. The summed E-state index contributed by atoms with van der Waals surface area (Å²) in [6.07, 6.45) is 6.67. The van der Waals surface area contributed by atoms with Gasteiger partial charge in [0, 0.05) is 31.6 Å². The summed E-state index contributed by atoms with van der Waals surface area (Å²) < 4.78 is 2.17. The molecule has 0 saturated heterocycles. The Hall–Kier alpha value is -1.68. The molecule has 4 heteroatoms. The highest BCUT2D eigenvalue weighted by molar-refractivity contribution is 5.26. The molecule has 4 nitrogen and oxygen atoms in total. The molecule has 2 rings (SSSR count). The van der Waals surface area contributed by atoms with Crippen molar-refractivity contribution in [2.75, 3.05) is 7.05 Å². The number of hydrogen-bond acceptors (Lipinski definition) is 3. The molecule has 0 aliphatic carbocycles. The van der Waals surface area contributed by atoms with Crippen LogP contribution in [-0.4, -0.2) is 21.6 Å². The van der Waals surface area contributed by atoms with Crippen LogP contribution in [0.15, 0.2) is 24.7 Å². The van der Waals surface area contributed by atoms with Crippen molar-refractivity contribution in [1.82, 2.24) is 19.9 Å². The highest BCUT2D eigenvalue weighted by atomic mass is 15.1. The Kier molecular flexibility index (Phi) is 4.32. The summed E-state index contributed by atoms with van der Waals surface area (Å²) in [5, 5.41) is 3.35. The predicted octanol–water partition coefficient (Wildman–Crippen LogP) is 2.42. The fourth-order valence-corrected chi connectivity index (χ4v) is 2.43. The van der Waals surface area contributed by atoms with Gasteiger partial charge in [0.1, 0.15) is 5.82 Å². The van der Waals surface area contributed by atoms with Gasteiger partial charge in [-0.2, -0.15) is 0 Å². The molecule has 0 bridgehead atoms. The largest absolute Gasteiger partial charge is 0.335 e. The van der Waals surface area contributed by atoms with E-state index >= 15 is 0 Å². The van der Waals surface area contributed by atoms with Gasteiger partial charge in [0.25, 0.3) is 0 Å². The number of aromatic nitrogens is 3. The van der Waals surface area contributed by atoms with Crippen molar-refractivity contribution < 1.29 is 0 Å². The molecule has 0 amide bonds. The first-order valence-corrected chi connectivity index (χ1v) is 6.76. The van der Waals surface area contributed by atoms with Crippen LogP contribution in [0.3, 0.4) is 0 Å². The molecule has 0 saturated carbocycles. The van der Waals surface area contributed by atoms with Crippen molar-refractivity contribution in [2.45, 2.75) is 39.8 Å². The van der Waals surface area contributed by atoms with Gasteiger partial charge in [0.2, 0.25) is 0 Å². The molecule has 0 aliphatic rings. The lowest BCUT2D eigenvalue weighted by molar-refractivity contribution is 0.538. The van der Waals surface area contributed by atoms with E-state index in [1.54, 1.807) is 0 Å². The zero-order valence-electron chi connectivity index (χ0n) is 12.1. The number of nitrogens with zero attached hydrogens (tertiary/aromatic N) is 3. The lowest BCUT2D eigenvalue weighted by Gasteiger charge is -2.18. The van der Waals surface area contributed by atoms with Gasteiger partial charge in [0.05, 0.1) is 11.7 Å². The average Bonchev–Trinajstić information content (AvgIpc) is 2.84. The Balaban J connectivity index is 2.25. The molecule has 0 aliphatic heterocycles. The average molecular weight is 258 g/mol. The molecule has 0 fully saturated rings. The highest BCUT2D eigenvalue weighted by Gasteiger charge is 2.16. The molecule has 1 N–H and O–H groups in total. The highest BCUT2D eigenvalue weighted by Crippen LogP contribution is 2.19. The summed E-state index contributed by atoms with van der Waals surface area (Å²) in [6.45, 7) is 7.27. The van der Waals surface area contributed by atoms with Crippen molar-refractivity contribution in [2.24, 2.45) is 0 Å². The van der Waals surface area contributed by atoms with Crippen LogP contribution >= 0.6 is 0 Å². The Labute approximate surface area is 114 Å². The molecule has 0 radical (unpaired) electrons. The fourth-order valence-electron chi connectivity index (χ4n) is 2.43. The van der Waals surface area contributed by atoms with Gasteiger partial charge in [-0.25, -0.2) is 4.98 Å². The quantitative estimate of drug-likeness (QED) is 0.895. The Morgan fingerprint density at radius 2 is 2.11 bits per heavy atom. The minimum absolute atomic E-state index is 0.202. The summed E-state index contributed by atoms with van der Waals surface area (Å²) in [6, 6.07) is 2.38. The van der Waals surface area contributed by atoms with Crippen LogP contribution in [0, 0.1) is 13.8 Å². The summed E-state index contributed by atoms with van der Waals surface area (Å²) >= 11 is 0. The van der Waals surface area contributed by atoms with Crippen LogP contribution in [0.1, 0.15) is 35.6 Å². The lowest BCUT2D eigenvalue weighted by atomic mass is 10.0. The van der Waals surface area contributed by atoms with E-state index < -0.39 is 0 Å². The molecule has 19 heavy (non-hydrogen) atoms. The van der Waals surface area contributed by atoms with Crippen LogP contribution in [0.2, 0.25) is 0 Å². The Bertz CT molecular complexity index is 545. The van der Waals surface area contributed by atoms with E-state index in [-0.39, 0.29) is 6.04 Å². The van der Waals surface area contributed by atoms with E-state index in [1.807, 2.05) is 25.6 Å². The minimum atomic E-state index is 0.202. The van der Waals surface area contributed by atoms with Crippen molar-refractivity contribution in [3.05, 3.63) is 47.3 Å². The molecule has 2 heterocycles. The summed E-state index contributed by atoms with van der Waals surface area (Å²) in [5.74, 6) is 1.10. The zero-order chi connectivity index (χ0) is 13.8. The second-order valence-electron chi connectivity index (χ2n) is 4.89. The van der Waals surface area contributed by atoms with Crippen LogP contribution in [0.5, 0.6) is 0 Å². The number of pyridine rings is 1. The SMILES string of the molecule is CCn1ccnc1CC(NC)c1ncc(C)cc1C. The smallest absolute Gasteiger partial charge is 0.110 e. The van der Waals surface area contributed by atoms with Crippen molar-refractivity contribution in [3.8, 4) is 0 Å². The summed E-state index contributed by atoms with van der Waals surface area (Å²) in [5.41, 5.74) is 3.54. The van der Waals surface area contributed by atoms with Crippen LogP contribution in [0.25, 0.3) is 0 Å². The molecule has 0 spiro atoms. The summed E-state index contributed by atoms with van der Waals surface area (Å²) in [7, 11) is 1.98. The van der Waals surface area contributed by atoms with Crippen LogP contribution < -0.4 is 5.32 Å². The van der Waals surface area contributed by atoms with Gasteiger partial charge in [0.15, 0.2) is 0 Å². The summed E-state index contributed by atoms with van der Waals surface area (Å²) in [4.78, 5) is 9.03. The van der Waals surface area contributed by atoms with Gasteiger partial charge < -0.3 is 9.88 Å². The Morgan fingerprint density at radius 1 is 1.32 bits per heavy atom. The molecule has 102 valence electrons. The van der Waals surface area contributed by atoms with Crippen molar-refractivity contribution >= 4 is 0 Å². The van der Waals surface area contributed by atoms with Gasteiger partial charge >= 0.3 is 0 Å². The maximum absolute atomic E-state index is 4.59.